The third kappa shape index (κ3) is 4.11. The third-order valence-corrected chi connectivity index (χ3v) is 5.14. The Labute approximate surface area is 172 Å². The minimum atomic E-state index is -1.26. The first kappa shape index (κ1) is 20.6. The summed E-state index contributed by atoms with van der Waals surface area (Å²) >= 11 is 0. The summed E-state index contributed by atoms with van der Waals surface area (Å²) in [6.45, 7) is 2.06. The molecule has 0 radical (unpaired) electrons. The summed E-state index contributed by atoms with van der Waals surface area (Å²) in [6.07, 6.45) is -0.411. The lowest BCUT2D eigenvalue weighted by Crippen LogP contribution is -2.24. The highest BCUT2D eigenvalue weighted by Crippen LogP contribution is 2.32. The molecule has 6 heteroatoms. The molecule has 1 aliphatic heterocycles. The molecule has 30 heavy (non-hydrogen) atoms. The quantitative estimate of drug-likeness (QED) is 0.447. The van der Waals surface area contributed by atoms with Gasteiger partial charge in [-0.3, -0.25) is 0 Å². The van der Waals surface area contributed by atoms with Crippen molar-refractivity contribution in [2.24, 2.45) is 5.92 Å². The van der Waals surface area contributed by atoms with Crippen LogP contribution in [-0.2, 0) is 16.1 Å². The SMILES string of the molecule is CC1COC(c2ccc(-c3ccc(-c4cc(F)c(CF)c(F)c4)c(F)c3)cc2)OC1. The van der Waals surface area contributed by atoms with Crippen LogP contribution in [0.1, 0.15) is 24.3 Å². The molecule has 0 aliphatic carbocycles. The first-order chi connectivity index (χ1) is 14.5. The van der Waals surface area contributed by atoms with E-state index >= 15 is 0 Å². The van der Waals surface area contributed by atoms with Crippen LogP contribution in [0.3, 0.4) is 0 Å². The van der Waals surface area contributed by atoms with Gasteiger partial charge in [0.1, 0.15) is 24.1 Å². The lowest BCUT2D eigenvalue weighted by molar-refractivity contribution is -0.202. The zero-order valence-corrected chi connectivity index (χ0v) is 16.3. The van der Waals surface area contributed by atoms with Crippen molar-refractivity contribution in [3.8, 4) is 22.3 Å². The lowest BCUT2D eigenvalue weighted by atomic mass is 9.98. The molecule has 1 saturated heterocycles. The third-order valence-electron chi connectivity index (χ3n) is 5.14. The number of benzene rings is 3. The minimum absolute atomic E-state index is 0.0161. The first-order valence-electron chi connectivity index (χ1n) is 9.63. The highest BCUT2D eigenvalue weighted by atomic mass is 19.1. The van der Waals surface area contributed by atoms with Crippen LogP contribution in [0.5, 0.6) is 0 Å². The summed E-state index contributed by atoms with van der Waals surface area (Å²) in [5.41, 5.74) is 1.67. The van der Waals surface area contributed by atoms with Crippen LogP contribution in [-0.4, -0.2) is 13.2 Å². The Balaban J connectivity index is 1.58. The van der Waals surface area contributed by atoms with E-state index in [1.165, 1.54) is 12.1 Å². The second-order valence-corrected chi connectivity index (χ2v) is 7.47. The van der Waals surface area contributed by atoms with E-state index in [1.54, 1.807) is 6.07 Å². The summed E-state index contributed by atoms with van der Waals surface area (Å²) in [6, 6.07) is 13.7. The van der Waals surface area contributed by atoms with Crippen LogP contribution < -0.4 is 0 Å². The first-order valence-corrected chi connectivity index (χ1v) is 9.63. The summed E-state index contributed by atoms with van der Waals surface area (Å²) in [5.74, 6) is -2.34. The standard InChI is InChI=1S/C24H20F4O2/c1-14-12-29-24(30-13-14)16-4-2-15(3-5-16)17-6-7-19(21(26)8-17)18-9-22(27)20(11-25)23(28)10-18/h2-10,14,24H,11-13H2,1H3. The van der Waals surface area contributed by atoms with Crippen molar-refractivity contribution in [1.29, 1.82) is 0 Å². The molecule has 3 aromatic rings. The van der Waals surface area contributed by atoms with Crippen LogP contribution in [0, 0.1) is 23.4 Å². The highest BCUT2D eigenvalue weighted by Gasteiger charge is 2.21. The number of ether oxygens (including phenoxy) is 2. The van der Waals surface area contributed by atoms with E-state index in [0.29, 0.717) is 24.7 Å². The van der Waals surface area contributed by atoms with Crippen LogP contribution in [0.15, 0.2) is 54.6 Å². The van der Waals surface area contributed by atoms with Gasteiger partial charge in [0.2, 0.25) is 0 Å². The maximum atomic E-state index is 14.7. The molecule has 0 amide bonds. The maximum absolute atomic E-state index is 14.7. The van der Waals surface area contributed by atoms with Gasteiger partial charge >= 0.3 is 0 Å². The average molecular weight is 416 g/mol. The molecule has 0 saturated carbocycles. The van der Waals surface area contributed by atoms with Crippen molar-refractivity contribution in [2.45, 2.75) is 19.9 Å². The van der Waals surface area contributed by atoms with Crippen molar-refractivity contribution < 1.29 is 27.0 Å². The van der Waals surface area contributed by atoms with Gasteiger partial charge in [-0.25, -0.2) is 17.6 Å². The largest absolute Gasteiger partial charge is 0.348 e. The molecule has 156 valence electrons. The molecule has 0 atom stereocenters. The van der Waals surface area contributed by atoms with Gasteiger partial charge in [-0.05, 0) is 34.9 Å². The molecule has 0 spiro atoms. The van der Waals surface area contributed by atoms with Gasteiger partial charge in [-0.15, -0.1) is 0 Å². The Morgan fingerprint density at radius 1 is 0.767 bits per heavy atom. The molecule has 0 bridgehead atoms. The minimum Gasteiger partial charge on any atom is -0.348 e. The van der Waals surface area contributed by atoms with Crippen molar-refractivity contribution in [1.82, 2.24) is 0 Å². The van der Waals surface area contributed by atoms with Crippen LogP contribution in [0.25, 0.3) is 22.3 Å². The van der Waals surface area contributed by atoms with E-state index in [0.717, 1.165) is 23.3 Å². The summed E-state index contributed by atoms with van der Waals surface area (Å²) < 4.78 is 66.5. The lowest BCUT2D eigenvalue weighted by Gasteiger charge is -2.27. The Morgan fingerprint density at radius 3 is 1.90 bits per heavy atom. The molecule has 0 aromatic heterocycles. The van der Waals surface area contributed by atoms with E-state index in [4.69, 9.17) is 9.47 Å². The van der Waals surface area contributed by atoms with Crippen LogP contribution in [0.4, 0.5) is 17.6 Å². The number of hydrogen-bond donors (Lipinski definition) is 0. The van der Waals surface area contributed by atoms with Gasteiger partial charge in [0.25, 0.3) is 0 Å². The molecule has 1 aliphatic rings. The fourth-order valence-corrected chi connectivity index (χ4v) is 3.44. The zero-order valence-electron chi connectivity index (χ0n) is 16.3. The maximum Gasteiger partial charge on any atom is 0.183 e. The highest BCUT2D eigenvalue weighted by molar-refractivity contribution is 5.71. The van der Waals surface area contributed by atoms with E-state index in [9.17, 15) is 17.6 Å². The molecule has 1 fully saturated rings. The van der Waals surface area contributed by atoms with Gasteiger partial charge in [-0.2, -0.15) is 0 Å². The van der Waals surface area contributed by atoms with E-state index in [1.807, 2.05) is 24.3 Å². The van der Waals surface area contributed by atoms with Gasteiger partial charge < -0.3 is 9.47 Å². The molecule has 0 unspecified atom stereocenters. The van der Waals surface area contributed by atoms with Gasteiger partial charge in [-0.1, -0.05) is 43.3 Å². The van der Waals surface area contributed by atoms with Gasteiger partial charge in [0.15, 0.2) is 6.29 Å². The topological polar surface area (TPSA) is 18.5 Å². The zero-order chi connectivity index (χ0) is 21.3. The second-order valence-electron chi connectivity index (χ2n) is 7.47. The predicted molar refractivity (Wildman–Crippen MR) is 106 cm³/mol. The Hall–Kier alpha value is -2.70. The molecular weight excluding hydrogens is 396 g/mol. The fourth-order valence-electron chi connectivity index (χ4n) is 3.44. The Kier molecular flexibility index (Phi) is 5.88. The number of hydrogen-bond acceptors (Lipinski definition) is 2. The van der Waals surface area contributed by atoms with E-state index < -0.39 is 36.0 Å². The monoisotopic (exact) mass is 416 g/mol. The van der Waals surface area contributed by atoms with Crippen molar-refractivity contribution in [3.63, 3.8) is 0 Å². The number of rotatable bonds is 4. The predicted octanol–water partition coefficient (Wildman–Crippen LogP) is 6.59. The van der Waals surface area contributed by atoms with Crippen LogP contribution in [0.2, 0.25) is 0 Å². The molecule has 2 nitrogen and oxygen atoms in total. The van der Waals surface area contributed by atoms with Gasteiger partial charge in [0, 0.05) is 17.0 Å². The molecule has 4 rings (SSSR count). The number of halogens is 4. The summed E-state index contributed by atoms with van der Waals surface area (Å²) in [4.78, 5) is 0. The average Bonchev–Trinajstić information content (AvgIpc) is 2.74. The Morgan fingerprint density at radius 2 is 1.33 bits per heavy atom. The molecule has 0 N–H and O–H groups in total. The number of alkyl halides is 1. The summed E-state index contributed by atoms with van der Waals surface area (Å²) in [5, 5.41) is 0. The van der Waals surface area contributed by atoms with Crippen molar-refractivity contribution in [2.75, 3.05) is 13.2 Å². The van der Waals surface area contributed by atoms with Crippen molar-refractivity contribution in [3.05, 3.63) is 83.2 Å². The second kappa shape index (κ2) is 8.58. The molecule has 3 aromatic carbocycles. The molecule has 1 heterocycles. The van der Waals surface area contributed by atoms with Crippen molar-refractivity contribution >= 4 is 0 Å². The van der Waals surface area contributed by atoms with Gasteiger partial charge in [0.05, 0.1) is 18.8 Å². The van der Waals surface area contributed by atoms with E-state index in [-0.39, 0.29) is 11.1 Å². The smallest absolute Gasteiger partial charge is 0.183 e. The van der Waals surface area contributed by atoms with E-state index in [2.05, 4.69) is 6.92 Å². The summed E-state index contributed by atoms with van der Waals surface area (Å²) in [7, 11) is 0. The normalized spacial score (nSPS) is 19.1. The fraction of sp³-hybridized carbons (Fsp3) is 0.250. The molecular formula is C24H20F4O2. The van der Waals surface area contributed by atoms with Crippen LogP contribution >= 0.6 is 0 Å². The Bertz CT molecular complexity index is 1020.